The summed E-state index contributed by atoms with van der Waals surface area (Å²) in [7, 11) is 1.85. The van der Waals surface area contributed by atoms with Crippen molar-refractivity contribution in [1.82, 2.24) is 10.1 Å². The second-order valence-electron chi connectivity index (χ2n) is 6.47. The minimum absolute atomic E-state index is 0.0920. The molecule has 0 unspecified atom stereocenters. The van der Waals surface area contributed by atoms with Crippen molar-refractivity contribution >= 4 is 5.91 Å². The molecule has 1 aliphatic carbocycles. The Morgan fingerprint density at radius 3 is 2.72 bits per heavy atom. The molecule has 0 N–H and O–H groups in total. The summed E-state index contributed by atoms with van der Waals surface area (Å²) in [4.78, 5) is 14.7. The second-order valence-corrected chi connectivity index (χ2v) is 6.47. The van der Waals surface area contributed by atoms with Crippen molar-refractivity contribution in [3.8, 4) is 11.3 Å². The van der Waals surface area contributed by atoms with Gasteiger partial charge in [-0.3, -0.25) is 4.79 Å². The molecule has 0 radical (unpaired) electrons. The molecule has 4 rings (SSSR count). The van der Waals surface area contributed by atoms with E-state index in [4.69, 9.17) is 4.52 Å². The number of rotatable bonds is 3. The fraction of sp³-hybridized carbons (Fsp3) is 0.238. The highest BCUT2D eigenvalue weighted by molar-refractivity contribution is 5.93. The molecular weight excluding hydrogens is 312 g/mol. The lowest BCUT2D eigenvalue weighted by Crippen LogP contribution is -2.33. The summed E-state index contributed by atoms with van der Waals surface area (Å²) >= 11 is 0. The predicted octanol–water partition coefficient (Wildman–Crippen LogP) is 4.49. The molecule has 0 saturated carbocycles. The molecule has 1 aliphatic rings. The number of hydrogen-bond donors (Lipinski definition) is 0. The van der Waals surface area contributed by atoms with E-state index in [0.29, 0.717) is 11.5 Å². The second kappa shape index (κ2) is 6.55. The molecule has 1 aromatic heterocycles. The first kappa shape index (κ1) is 15.6. The predicted molar refractivity (Wildman–Crippen MR) is 96.2 cm³/mol. The van der Waals surface area contributed by atoms with E-state index in [1.165, 1.54) is 11.1 Å². The number of carbonyl (C=O) groups excluding carboxylic acids is 1. The third-order valence-electron chi connectivity index (χ3n) is 4.91. The van der Waals surface area contributed by atoms with Gasteiger partial charge in [0, 0.05) is 18.7 Å². The Labute approximate surface area is 147 Å². The Morgan fingerprint density at radius 1 is 1.12 bits per heavy atom. The molecule has 0 saturated heterocycles. The monoisotopic (exact) mass is 332 g/mol. The van der Waals surface area contributed by atoms with Gasteiger partial charge in [0.25, 0.3) is 5.91 Å². The third-order valence-corrected chi connectivity index (χ3v) is 4.91. The first-order valence-electron chi connectivity index (χ1n) is 8.61. The summed E-state index contributed by atoms with van der Waals surface area (Å²) in [6, 6.07) is 19.9. The van der Waals surface area contributed by atoms with Gasteiger partial charge in [0.1, 0.15) is 0 Å². The number of hydrogen-bond acceptors (Lipinski definition) is 3. The third kappa shape index (κ3) is 2.95. The molecule has 1 amide bonds. The van der Waals surface area contributed by atoms with Gasteiger partial charge in [-0.05, 0) is 30.4 Å². The van der Waals surface area contributed by atoms with Crippen LogP contribution in [0.25, 0.3) is 11.3 Å². The fourth-order valence-corrected chi connectivity index (χ4v) is 3.57. The number of benzene rings is 2. The Morgan fingerprint density at radius 2 is 1.88 bits per heavy atom. The van der Waals surface area contributed by atoms with E-state index >= 15 is 0 Å². The maximum atomic E-state index is 12.9. The molecule has 1 atom stereocenters. The quantitative estimate of drug-likeness (QED) is 0.710. The standard InChI is InChI=1S/C21H20N2O2/c1-23(19-13-7-11-15-8-5-6-12-17(15)19)21(24)18-14-20(25-22-18)16-9-3-2-4-10-16/h2-6,8-10,12,14,19H,7,11,13H2,1H3/t19-/m1/s1. The maximum absolute atomic E-state index is 12.9. The molecule has 4 nitrogen and oxygen atoms in total. The Kier molecular flexibility index (Phi) is 4.10. The number of aryl methyl sites for hydroxylation is 1. The van der Waals surface area contributed by atoms with Gasteiger partial charge < -0.3 is 9.42 Å². The van der Waals surface area contributed by atoms with Gasteiger partial charge in [-0.25, -0.2) is 0 Å². The number of nitrogens with zero attached hydrogens (tertiary/aromatic N) is 2. The van der Waals surface area contributed by atoms with Gasteiger partial charge in [-0.15, -0.1) is 0 Å². The SMILES string of the molecule is CN(C(=O)c1cc(-c2ccccc2)on1)[C@@H]1CCCc2ccccc21. The van der Waals surface area contributed by atoms with Gasteiger partial charge in [-0.1, -0.05) is 59.8 Å². The minimum atomic E-state index is -0.104. The maximum Gasteiger partial charge on any atom is 0.276 e. The summed E-state index contributed by atoms with van der Waals surface area (Å²) in [5.41, 5.74) is 3.85. The van der Waals surface area contributed by atoms with E-state index in [9.17, 15) is 4.79 Å². The molecule has 1 heterocycles. The fourth-order valence-electron chi connectivity index (χ4n) is 3.57. The van der Waals surface area contributed by atoms with Gasteiger partial charge in [0.2, 0.25) is 0 Å². The zero-order valence-electron chi connectivity index (χ0n) is 14.2. The van der Waals surface area contributed by atoms with Crippen LogP contribution in [0.2, 0.25) is 0 Å². The zero-order chi connectivity index (χ0) is 17.2. The summed E-state index contributed by atoms with van der Waals surface area (Å²) in [5, 5.41) is 4.00. The molecular formula is C21H20N2O2. The van der Waals surface area contributed by atoms with Crippen molar-refractivity contribution < 1.29 is 9.32 Å². The van der Waals surface area contributed by atoms with Crippen molar-refractivity contribution in [3.63, 3.8) is 0 Å². The molecule has 25 heavy (non-hydrogen) atoms. The molecule has 2 aromatic carbocycles. The van der Waals surface area contributed by atoms with Gasteiger partial charge >= 0.3 is 0 Å². The van der Waals surface area contributed by atoms with E-state index in [1.54, 1.807) is 11.0 Å². The van der Waals surface area contributed by atoms with E-state index in [1.807, 2.05) is 43.4 Å². The van der Waals surface area contributed by atoms with E-state index in [0.717, 1.165) is 24.8 Å². The summed E-state index contributed by atoms with van der Waals surface area (Å²) in [5.74, 6) is 0.508. The van der Waals surface area contributed by atoms with Crippen LogP contribution in [-0.4, -0.2) is 23.0 Å². The Bertz CT molecular complexity index is 886. The molecule has 0 aliphatic heterocycles. The highest BCUT2D eigenvalue weighted by atomic mass is 16.5. The highest BCUT2D eigenvalue weighted by Crippen LogP contribution is 2.34. The molecule has 0 bridgehead atoms. The lowest BCUT2D eigenvalue weighted by molar-refractivity contribution is 0.0704. The van der Waals surface area contributed by atoms with E-state index in [-0.39, 0.29) is 11.9 Å². The van der Waals surface area contributed by atoms with E-state index in [2.05, 4.69) is 23.4 Å². The van der Waals surface area contributed by atoms with Gasteiger partial charge in [0.15, 0.2) is 11.5 Å². The minimum Gasteiger partial charge on any atom is -0.355 e. The number of carbonyl (C=O) groups is 1. The van der Waals surface area contributed by atoms with Crippen LogP contribution in [0, 0.1) is 0 Å². The Balaban J connectivity index is 1.59. The van der Waals surface area contributed by atoms with Crippen LogP contribution >= 0.6 is 0 Å². The molecule has 126 valence electrons. The molecule has 0 spiro atoms. The van der Waals surface area contributed by atoms with Gasteiger partial charge in [0.05, 0.1) is 6.04 Å². The van der Waals surface area contributed by atoms with Crippen molar-refractivity contribution in [2.24, 2.45) is 0 Å². The normalized spacial score (nSPS) is 16.3. The first-order valence-corrected chi connectivity index (χ1v) is 8.61. The van der Waals surface area contributed by atoms with Crippen LogP contribution in [-0.2, 0) is 6.42 Å². The van der Waals surface area contributed by atoms with Crippen molar-refractivity contribution in [1.29, 1.82) is 0 Å². The smallest absolute Gasteiger partial charge is 0.276 e. The van der Waals surface area contributed by atoms with E-state index < -0.39 is 0 Å². The number of fused-ring (bicyclic) bond motifs is 1. The topological polar surface area (TPSA) is 46.3 Å². The Hall–Kier alpha value is -2.88. The summed E-state index contributed by atoms with van der Waals surface area (Å²) in [6.07, 6.45) is 3.15. The van der Waals surface area contributed by atoms with Crippen LogP contribution in [0.1, 0.15) is 40.5 Å². The van der Waals surface area contributed by atoms with Crippen LogP contribution in [0.3, 0.4) is 0 Å². The number of aromatic nitrogens is 1. The molecule has 3 aromatic rings. The lowest BCUT2D eigenvalue weighted by Gasteiger charge is -2.32. The first-order chi connectivity index (χ1) is 12.2. The summed E-state index contributed by atoms with van der Waals surface area (Å²) in [6.45, 7) is 0. The average molecular weight is 332 g/mol. The van der Waals surface area contributed by atoms with Crippen molar-refractivity contribution in [2.45, 2.75) is 25.3 Å². The largest absolute Gasteiger partial charge is 0.355 e. The number of amides is 1. The average Bonchev–Trinajstić information content (AvgIpc) is 3.17. The van der Waals surface area contributed by atoms with Crippen LogP contribution in [0.4, 0.5) is 0 Å². The molecule has 4 heteroatoms. The van der Waals surface area contributed by atoms with Crippen LogP contribution < -0.4 is 0 Å². The van der Waals surface area contributed by atoms with Crippen LogP contribution in [0.15, 0.2) is 65.2 Å². The van der Waals surface area contributed by atoms with Crippen molar-refractivity contribution in [3.05, 3.63) is 77.5 Å². The van der Waals surface area contributed by atoms with Crippen LogP contribution in [0.5, 0.6) is 0 Å². The lowest BCUT2D eigenvalue weighted by atomic mass is 9.87. The van der Waals surface area contributed by atoms with Crippen molar-refractivity contribution in [2.75, 3.05) is 7.05 Å². The molecule has 0 fully saturated rings. The van der Waals surface area contributed by atoms with Gasteiger partial charge in [-0.2, -0.15) is 0 Å². The zero-order valence-corrected chi connectivity index (χ0v) is 14.2. The summed E-state index contributed by atoms with van der Waals surface area (Å²) < 4.78 is 5.38. The highest BCUT2D eigenvalue weighted by Gasteiger charge is 2.28.